The van der Waals surface area contributed by atoms with Gasteiger partial charge in [0.15, 0.2) is 0 Å². The minimum atomic E-state index is 0.392. The molecule has 14 rings (SSSR count). The summed E-state index contributed by atoms with van der Waals surface area (Å²) in [7, 11) is 0. The lowest BCUT2D eigenvalue weighted by Gasteiger charge is -2.24. The molecule has 12 nitrogen and oxygen atoms in total. The Hall–Kier alpha value is -8.52. The van der Waals surface area contributed by atoms with Crippen molar-refractivity contribution in [1.82, 2.24) is 0 Å². The Bertz CT molecular complexity index is 3620. The fourth-order valence-electron chi connectivity index (χ4n) is 13.3. The molecule has 12 heteroatoms. The van der Waals surface area contributed by atoms with Crippen LogP contribution >= 0.6 is 0 Å². The van der Waals surface area contributed by atoms with Crippen molar-refractivity contribution in [2.75, 3.05) is 106 Å². The van der Waals surface area contributed by atoms with E-state index in [-0.39, 0.29) is 0 Å². The molecule has 8 aromatic carbocycles. The van der Waals surface area contributed by atoms with E-state index in [1.165, 1.54) is 0 Å². The van der Waals surface area contributed by atoms with E-state index < -0.39 is 0 Å². The number of hydrogen-bond donors (Lipinski definition) is 0. The van der Waals surface area contributed by atoms with E-state index >= 15 is 0 Å². The third-order valence-corrected chi connectivity index (χ3v) is 17.1. The van der Waals surface area contributed by atoms with Crippen molar-refractivity contribution in [2.45, 2.75) is 51.4 Å². The van der Waals surface area contributed by atoms with Crippen LogP contribution in [0.4, 0.5) is 0 Å². The van der Waals surface area contributed by atoms with Crippen molar-refractivity contribution in [1.29, 1.82) is 0 Å². The number of allylic oxidation sites excluding steroid dienone is 2. The molecule has 0 amide bonds. The summed E-state index contributed by atoms with van der Waals surface area (Å²) in [6.07, 6.45) is 13.5. The first kappa shape index (κ1) is 57.2. The van der Waals surface area contributed by atoms with Gasteiger partial charge in [0.2, 0.25) is 0 Å². The van der Waals surface area contributed by atoms with Crippen molar-refractivity contribution in [2.24, 2.45) is 0 Å². The Morgan fingerprint density at radius 2 is 0.352 bits per heavy atom. The van der Waals surface area contributed by atoms with E-state index in [2.05, 4.69) is 158 Å². The van der Waals surface area contributed by atoms with Crippen LogP contribution in [-0.2, 0) is 70.3 Å². The van der Waals surface area contributed by atoms with Gasteiger partial charge in [-0.05, 0) is 124 Å². The van der Waals surface area contributed by atoms with Gasteiger partial charge in [-0.2, -0.15) is 0 Å². The highest BCUT2D eigenvalue weighted by molar-refractivity contribution is 5.66. The monoisotopic (exact) mass is 1180 g/mol. The van der Waals surface area contributed by atoms with E-state index in [0.717, 1.165) is 146 Å². The van der Waals surface area contributed by atoms with Gasteiger partial charge in [0.05, 0.1) is 52.9 Å². The van der Waals surface area contributed by atoms with Gasteiger partial charge in [-0.15, -0.1) is 0 Å². The van der Waals surface area contributed by atoms with Crippen molar-refractivity contribution in [3.63, 3.8) is 0 Å². The maximum absolute atomic E-state index is 6.90. The lowest BCUT2D eigenvalue weighted by Crippen LogP contribution is -2.17. The Labute approximate surface area is 515 Å². The topological polar surface area (TPSA) is 111 Å². The van der Waals surface area contributed by atoms with Crippen LogP contribution in [0.1, 0.15) is 100 Å². The second-order valence-electron chi connectivity index (χ2n) is 23.1. The van der Waals surface area contributed by atoms with Gasteiger partial charge in [0, 0.05) is 51.4 Å². The van der Waals surface area contributed by atoms with E-state index in [4.69, 9.17) is 56.8 Å². The van der Waals surface area contributed by atoms with Crippen molar-refractivity contribution < 1.29 is 56.8 Å². The highest BCUT2D eigenvalue weighted by Crippen LogP contribution is 2.43. The summed E-state index contributed by atoms with van der Waals surface area (Å²) in [5, 5.41) is 0. The summed E-state index contributed by atoms with van der Waals surface area (Å²) in [6, 6.07) is 48.1. The number of hydrogen-bond acceptors (Lipinski definition) is 12. The van der Waals surface area contributed by atoms with E-state index in [1.807, 2.05) is 0 Å². The highest BCUT2D eigenvalue weighted by atomic mass is 16.6. The van der Waals surface area contributed by atoms with Crippen LogP contribution in [-0.4, -0.2) is 106 Å². The van der Waals surface area contributed by atoms with E-state index in [9.17, 15) is 0 Å². The van der Waals surface area contributed by atoms with Crippen LogP contribution in [0.25, 0.3) is 12.2 Å². The van der Waals surface area contributed by atoms with Gasteiger partial charge < -0.3 is 56.8 Å². The van der Waals surface area contributed by atoms with Gasteiger partial charge >= 0.3 is 0 Å². The number of benzene rings is 8. The normalized spacial score (nSPS) is 17.1. The molecular weight excluding hydrogens is 1100 g/mol. The maximum Gasteiger partial charge on any atom is 0.126 e. The molecule has 0 atom stereocenters. The van der Waals surface area contributed by atoms with Crippen LogP contribution in [0.15, 0.2) is 146 Å². The van der Waals surface area contributed by atoms with Gasteiger partial charge in [0.1, 0.15) is 98.9 Å². The molecule has 88 heavy (non-hydrogen) atoms. The predicted molar refractivity (Wildman–Crippen MR) is 339 cm³/mol. The third kappa shape index (κ3) is 13.0. The molecule has 0 spiro atoms. The smallest absolute Gasteiger partial charge is 0.126 e. The van der Waals surface area contributed by atoms with Crippen molar-refractivity contribution in [3.05, 3.63) is 246 Å². The van der Waals surface area contributed by atoms with E-state index in [1.54, 1.807) is 0 Å². The number of para-hydroxylation sites is 6. The van der Waals surface area contributed by atoms with Gasteiger partial charge in [-0.3, -0.25) is 0 Å². The maximum atomic E-state index is 6.90. The average Bonchev–Trinajstić information content (AvgIpc) is 3.35. The summed E-state index contributed by atoms with van der Waals surface area (Å²) in [5.74, 6) is 6.92. The van der Waals surface area contributed by atoms with Crippen molar-refractivity contribution >= 4 is 12.2 Å². The second kappa shape index (κ2) is 27.3. The lowest BCUT2D eigenvalue weighted by molar-refractivity contribution is 0.0744. The van der Waals surface area contributed by atoms with Crippen LogP contribution in [0.5, 0.6) is 46.0 Å². The standard InChI is InChI=1S/C76H74O12/c1(9-51-39-65-47-61-19-5-15-57-43-53-11-3-13-55(69(53)81-31-23-77-25-33-83-71(57)61)45-59-17-7-21-63-49-67(41-51)75(65)87-37-29-79-27-35-85-73(59)63)2-10-52-40-66-48-62-20-6-16-58-44-54-12-4-14-56(70(54)82-32-24-78-26-34-84-72(58)62)46-60-18-8-22-64-50-68(42-52)76(66)88-38-30-80-28-36-86-74(60)64/h1-22,39-42H,23-38,43-50H2/b9-1+,10-2+. The zero-order valence-corrected chi connectivity index (χ0v) is 49.9. The first-order valence-corrected chi connectivity index (χ1v) is 31.3. The minimum Gasteiger partial charge on any atom is -0.491 e. The summed E-state index contributed by atoms with van der Waals surface area (Å²) in [5.41, 5.74) is 19.3. The molecule has 8 aromatic rings. The summed E-state index contributed by atoms with van der Waals surface area (Å²) in [4.78, 5) is 0. The molecular formula is C76H74O12. The molecule has 4 aliphatic heterocycles. The summed E-state index contributed by atoms with van der Waals surface area (Å²) >= 11 is 0. The molecule has 0 saturated heterocycles. The zero-order valence-electron chi connectivity index (χ0n) is 49.9. The predicted octanol–water partition coefficient (Wildman–Crippen LogP) is 12.9. The summed E-state index contributed by atoms with van der Waals surface area (Å²) < 4.78 is 78.8. The molecule has 450 valence electrons. The molecule has 4 heterocycles. The Kier molecular flexibility index (Phi) is 17.7. The molecule has 0 unspecified atom stereocenters. The largest absolute Gasteiger partial charge is 0.491 e. The Morgan fingerprint density at radius 3 is 0.534 bits per heavy atom. The fraction of sp³-hybridized carbons (Fsp3) is 0.316. The Morgan fingerprint density at radius 1 is 0.193 bits per heavy atom. The second-order valence-corrected chi connectivity index (χ2v) is 23.1. The summed E-state index contributed by atoms with van der Waals surface area (Å²) in [6.45, 7) is 6.84. The quantitative estimate of drug-likeness (QED) is 0.157. The SMILES string of the molecule is C(/C=C/c1cc2c3c(c1)Cc1cccc(c1OCCOCCO3)Cc1cccc3c1OCCOCCOc1c(cccc1C2)C3)=C\c1cc2c3c(c1)Cc1cccc(c1OCCOCCO3)Cc1cccc3c1OCCOCCOc1c(cccc1C2)C3. The fourth-order valence-corrected chi connectivity index (χ4v) is 13.3. The van der Waals surface area contributed by atoms with Crippen LogP contribution < -0.4 is 37.9 Å². The first-order valence-electron chi connectivity index (χ1n) is 31.3. The van der Waals surface area contributed by atoms with Crippen LogP contribution in [0.3, 0.4) is 0 Å². The number of rotatable bonds is 3. The highest BCUT2D eigenvalue weighted by Gasteiger charge is 2.26. The molecule has 24 bridgehead atoms. The molecule has 0 radical (unpaired) electrons. The third-order valence-electron chi connectivity index (χ3n) is 17.1. The molecule has 0 saturated carbocycles. The molecule has 0 aromatic heterocycles. The van der Waals surface area contributed by atoms with Gasteiger partial charge in [-0.1, -0.05) is 133 Å². The van der Waals surface area contributed by atoms with Gasteiger partial charge in [0.25, 0.3) is 0 Å². The molecule has 2 aliphatic carbocycles. The average molecular weight is 1180 g/mol. The number of ether oxygens (including phenoxy) is 12. The Balaban J connectivity index is 0.881. The minimum absolute atomic E-state index is 0.392. The zero-order chi connectivity index (χ0) is 58.9. The lowest BCUT2D eigenvalue weighted by atomic mass is 9.90. The molecule has 0 N–H and O–H groups in total. The van der Waals surface area contributed by atoms with E-state index in [0.29, 0.717) is 157 Å². The molecule has 0 fully saturated rings. The van der Waals surface area contributed by atoms with Crippen LogP contribution in [0.2, 0.25) is 0 Å². The van der Waals surface area contributed by atoms with Crippen LogP contribution in [0, 0.1) is 0 Å². The van der Waals surface area contributed by atoms with Gasteiger partial charge in [-0.25, -0.2) is 0 Å². The van der Waals surface area contributed by atoms with Crippen molar-refractivity contribution in [3.8, 4) is 46.0 Å². The first-order chi connectivity index (χ1) is 43.6. The molecule has 6 aliphatic rings.